The number of ether oxygens (including phenoxy) is 1. The summed E-state index contributed by atoms with van der Waals surface area (Å²) < 4.78 is 4.85. The van der Waals surface area contributed by atoms with Crippen molar-refractivity contribution in [1.82, 2.24) is 0 Å². The molecular formula is C8H17N3O3S2. The first-order valence-corrected chi connectivity index (χ1v) is 6.43. The second kappa shape index (κ2) is 8.68. The molecule has 0 rings (SSSR count). The molecule has 0 aliphatic carbocycles. The molecule has 0 unspecified atom stereocenters. The summed E-state index contributed by atoms with van der Waals surface area (Å²) in [6, 6.07) is -1.36. The van der Waals surface area contributed by atoms with Gasteiger partial charge in [0, 0.05) is 17.3 Å². The molecule has 0 heterocycles. The van der Waals surface area contributed by atoms with E-state index in [1.54, 1.807) is 0 Å². The Balaban J connectivity index is 3.47. The van der Waals surface area contributed by atoms with Gasteiger partial charge in [0.15, 0.2) is 0 Å². The summed E-state index contributed by atoms with van der Waals surface area (Å²) >= 11 is 5.26. The minimum absolute atomic E-state index is 0.233. The Bertz CT molecular complexity index is 241. The van der Waals surface area contributed by atoms with Crippen LogP contribution in [0, 0.1) is 0 Å². The van der Waals surface area contributed by atoms with Crippen LogP contribution in [0.5, 0.6) is 0 Å². The molecule has 0 aromatic heterocycles. The zero-order valence-corrected chi connectivity index (χ0v) is 10.5. The van der Waals surface area contributed by atoms with E-state index in [1.165, 1.54) is 11.8 Å². The summed E-state index contributed by atoms with van der Waals surface area (Å²) in [5.41, 5.74) is 15.7. The Labute approximate surface area is 104 Å². The summed E-state index contributed by atoms with van der Waals surface area (Å²) in [4.78, 5) is 21.6. The number of thiol groups is 1. The lowest BCUT2D eigenvalue weighted by Crippen LogP contribution is -2.38. The predicted octanol–water partition coefficient (Wildman–Crippen LogP) is -1.67. The highest BCUT2D eigenvalue weighted by molar-refractivity contribution is 7.99. The predicted molar refractivity (Wildman–Crippen MR) is 67.3 cm³/mol. The van der Waals surface area contributed by atoms with Gasteiger partial charge in [0.1, 0.15) is 12.6 Å². The van der Waals surface area contributed by atoms with Crippen LogP contribution in [0.4, 0.5) is 0 Å². The van der Waals surface area contributed by atoms with E-state index in [0.717, 1.165) is 0 Å². The van der Waals surface area contributed by atoms with Crippen molar-refractivity contribution in [3.8, 4) is 0 Å². The molecular weight excluding hydrogens is 250 g/mol. The Morgan fingerprint density at radius 1 is 1.31 bits per heavy atom. The number of amides is 1. The van der Waals surface area contributed by atoms with E-state index >= 15 is 0 Å². The highest BCUT2D eigenvalue weighted by atomic mass is 32.2. The molecule has 6 N–H and O–H groups in total. The van der Waals surface area contributed by atoms with E-state index in [0.29, 0.717) is 11.5 Å². The van der Waals surface area contributed by atoms with E-state index in [2.05, 4.69) is 12.6 Å². The lowest BCUT2D eigenvalue weighted by atomic mass is 10.3. The Morgan fingerprint density at radius 2 is 1.94 bits per heavy atom. The largest absolute Gasteiger partial charge is 0.464 e. The Hall–Kier alpha value is -0.440. The zero-order chi connectivity index (χ0) is 12.6. The summed E-state index contributed by atoms with van der Waals surface area (Å²) in [6.07, 6.45) is 0. The fraction of sp³-hybridized carbons (Fsp3) is 0.750. The summed E-state index contributed by atoms with van der Waals surface area (Å²) in [7, 11) is 0. The second-order valence-corrected chi connectivity index (χ2v) is 4.56. The van der Waals surface area contributed by atoms with E-state index in [9.17, 15) is 9.59 Å². The molecule has 0 aromatic carbocycles. The van der Waals surface area contributed by atoms with Gasteiger partial charge in [0.05, 0.1) is 6.04 Å². The van der Waals surface area contributed by atoms with Crippen molar-refractivity contribution in [2.45, 2.75) is 12.1 Å². The van der Waals surface area contributed by atoms with Crippen molar-refractivity contribution in [2.75, 3.05) is 23.9 Å². The number of carbonyl (C=O) groups is 2. The number of thioether (sulfide) groups is 1. The van der Waals surface area contributed by atoms with Gasteiger partial charge in [0.25, 0.3) is 0 Å². The molecule has 0 spiro atoms. The highest BCUT2D eigenvalue weighted by Gasteiger charge is 2.13. The van der Waals surface area contributed by atoms with Gasteiger partial charge in [-0.2, -0.15) is 24.4 Å². The van der Waals surface area contributed by atoms with Gasteiger partial charge in [-0.15, -0.1) is 0 Å². The van der Waals surface area contributed by atoms with Crippen LogP contribution >= 0.6 is 24.4 Å². The standard InChI is InChI=1S/C8H17N3O3S2/c9-5(3-15)8(13)14-1-2-16-4-6(10)7(11)12/h5-6,15H,1-4,9-10H2,(H2,11,12)/t5-,6-/m1/s1. The fourth-order valence-electron chi connectivity index (χ4n) is 0.675. The van der Waals surface area contributed by atoms with Crippen molar-refractivity contribution >= 4 is 36.3 Å². The van der Waals surface area contributed by atoms with Crippen LogP contribution in [0.25, 0.3) is 0 Å². The maximum absolute atomic E-state index is 11.1. The van der Waals surface area contributed by atoms with E-state index in [1.807, 2.05) is 0 Å². The fourth-order valence-corrected chi connectivity index (χ4v) is 1.61. The molecule has 0 bridgehead atoms. The molecule has 6 nitrogen and oxygen atoms in total. The average molecular weight is 267 g/mol. The second-order valence-electron chi connectivity index (χ2n) is 3.04. The lowest BCUT2D eigenvalue weighted by Gasteiger charge is -2.09. The number of nitrogens with two attached hydrogens (primary N) is 3. The van der Waals surface area contributed by atoms with Gasteiger partial charge >= 0.3 is 5.97 Å². The number of hydrogen-bond donors (Lipinski definition) is 4. The molecule has 94 valence electrons. The van der Waals surface area contributed by atoms with Gasteiger partial charge < -0.3 is 21.9 Å². The average Bonchev–Trinajstić information content (AvgIpc) is 2.26. The maximum atomic E-state index is 11.1. The molecule has 0 aromatic rings. The van der Waals surface area contributed by atoms with Gasteiger partial charge in [-0.05, 0) is 0 Å². The highest BCUT2D eigenvalue weighted by Crippen LogP contribution is 2.01. The van der Waals surface area contributed by atoms with Gasteiger partial charge in [-0.3, -0.25) is 9.59 Å². The van der Waals surface area contributed by atoms with Gasteiger partial charge in [0.2, 0.25) is 5.91 Å². The number of primary amides is 1. The van der Waals surface area contributed by atoms with Crippen molar-refractivity contribution in [2.24, 2.45) is 17.2 Å². The molecule has 1 amide bonds. The minimum Gasteiger partial charge on any atom is -0.464 e. The van der Waals surface area contributed by atoms with Gasteiger partial charge in [-0.1, -0.05) is 0 Å². The molecule has 0 radical (unpaired) electrons. The third-order valence-corrected chi connectivity index (χ3v) is 3.08. The Morgan fingerprint density at radius 3 is 2.44 bits per heavy atom. The third-order valence-electron chi connectivity index (χ3n) is 1.63. The van der Waals surface area contributed by atoms with Crippen LogP contribution in [-0.4, -0.2) is 47.8 Å². The van der Waals surface area contributed by atoms with Crippen LogP contribution in [0.2, 0.25) is 0 Å². The molecule has 16 heavy (non-hydrogen) atoms. The van der Waals surface area contributed by atoms with Crippen LogP contribution < -0.4 is 17.2 Å². The summed E-state index contributed by atoms with van der Waals surface area (Å²) in [5.74, 6) is 0.187. The lowest BCUT2D eigenvalue weighted by molar-refractivity contribution is -0.143. The number of esters is 1. The first-order valence-electron chi connectivity index (χ1n) is 4.64. The van der Waals surface area contributed by atoms with Crippen LogP contribution in [0.3, 0.4) is 0 Å². The quantitative estimate of drug-likeness (QED) is 0.237. The van der Waals surface area contributed by atoms with Crippen molar-refractivity contribution < 1.29 is 14.3 Å². The van der Waals surface area contributed by atoms with E-state index in [-0.39, 0.29) is 12.4 Å². The molecule has 0 aliphatic heterocycles. The van der Waals surface area contributed by atoms with E-state index < -0.39 is 24.0 Å². The number of rotatable bonds is 8. The van der Waals surface area contributed by atoms with Crippen molar-refractivity contribution in [3.63, 3.8) is 0 Å². The van der Waals surface area contributed by atoms with E-state index in [4.69, 9.17) is 21.9 Å². The summed E-state index contributed by atoms with van der Waals surface area (Å²) in [5, 5.41) is 0. The van der Waals surface area contributed by atoms with Crippen LogP contribution in [0.15, 0.2) is 0 Å². The van der Waals surface area contributed by atoms with Crippen molar-refractivity contribution in [1.29, 1.82) is 0 Å². The molecule has 0 aliphatic rings. The zero-order valence-electron chi connectivity index (χ0n) is 8.80. The number of hydrogen-bond acceptors (Lipinski definition) is 7. The molecule has 0 saturated carbocycles. The van der Waals surface area contributed by atoms with Gasteiger partial charge in [-0.25, -0.2) is 0 Å². The molecule has 0 saturated heterocycles. The van der Waals surface area contributed by atoms with Crippen LogP contribution in [-0.2, 0) is 14.3 Å². The van der Waals surface area contributed by atoms with Crippen LogP contribution in [0.1, 0.15) is 0 Å². The smallest absolute Gasteiger partial charge is 0.323 e. The first kappa shape index (κ1) is 15.6. The monoisotopic (exact) mass is 267 g/mol. The summed E-state index contributed by atoms with van der Waals surface area (Å²) in [6.45, 7) is 0.233. The molecule has 8 heteroatoms. The van der Waals surface area contributed by atoms with Crippen molar-refractivity contribution in [3.05, 3.63) is 0 Å². The maximum Gasteiger partial charge on any atom is 0.323 e. The minimum atomic E-state index is -0.693. The SMILES string of the molecule is NC(=O)[C@H](N)CSCCOC(=O)[C@H](N)CS. The number of carbonyl (C=O) groups excluding carboxylic acids is 2. The molecule has 0 fully saturated rings. The normalized spacial score (nSPS) is 14.2. The molecule has 2 atom stereocenters. The first-order chi connectivity index (χ1) is 7.49. The topological polar surface area (TPSA) is 121 Å². The third kappa shape index (κ3) is 6.94. The Kier molecular flexibility index (Phi) is 8.44.